The first-order chi connectivity index (χ1) is 8.19. The molecule has 2 N–H and O–H groups in total. The van der Waals surface area contributed by atoms with Gasteiger partial charge in [-0.2, -0.15) is 0 Å². The number of hydrogen-bond acceptors (Lipinski definition) is 2. The number of H-pyrrole nitrogens is 1. The van der Waals surface area contributed by atoms with Crippen molar-refractivity contribution in [2.24, 2.45) is 0 Å². The maximum atomic E-state index is 3.46. The van der Waals surface area contributed by atoms with Gasteiger partial charge in [-0.1, -0.05) is 25.1 Å². The summed E-state index contributed by atoms with van der Waals surface area (Å²) in [6, 6.07) is 11.2. The Kier molecular flexibility index (Phi) is 4.13. The highest BCUT2D eigenvalue weighted by Crippen LogP contribution is 2.28. The molecule has 0 saturated heterocycles. The number of benzene rings is 1. The van der Waals surface area contributed by atoms with Crippen molar-refractivity contribution in [3.05, 3.63) is 30.3 Å². The van der Waals surface area contributed by atoms with E-state index in [-0.39, 0.29) is 0 Å². The minimum absolute atomic E-state index is 0.571. The van der Waals surface area contributed by atoms with Crippen LogP contribution in [0, 0.1) is 0 Å². The van der Waals surface area contributed by atoms with Crippen LogP contribution in [-0.4, -0.2) is 23.3 Å². The second kappa shape index (κ2) is 5.61. The smallest absolute Gasteiger partial charge is 0.0735 e. The average molecular weight is 248 g/mol. The van der Waals surface area contributed by atoms with Crippen molar-refractivity contribution in [3.8, 4) is 0 Å². The van der Waals surface area contributed by atoms with E-state index >= 15 is 0 Å². The van der Waals surface area contributed by atoms with Gasteiger partial charge in [0.2, 0.25) is 0 Å². The highest BCUT2D eigenvalue weighted by molar-refractivity contribution is 7.99. The van der Waals surface area contributed by atoms with Gasteiger partial charge >= 0.3 is 0 Å². The predicted octanol–water partition coefficient (Wildman–Crippen LogP) is 3.65. The topological polar surface area (TPSA) is 27.8 Å². The number of rotatable bonds is 5. The van der Waals surface area contributed by atoms with Gasteiger partial charge in [0.25, 0.3) is 0 Å². The van der Waals surface area contributed by atoms with E-state index in [1.807, 2.05) is 18.8 Å². The van der Waals surface area contributed by atoms with Gasteiger partial charge in [0.15, 0.2) is 0 Å². The van der Waals surface area contributed by atoms with Crippen LogP contribution in [0.25, 0.3) is 10.9 Å². The Bertz CT molecular complexity index is 445. The molecule has 1 aromatic carbocycles. The van der Waals surface area contributed by atoms with Crippen molar-refractivity contribution < 1.29 is 0 Å². The fraction of sp³-hybridized carbons (Fsp3) is 0.429. The molecule has 92 valence electrons. The van der Waals surface area contributed by atoms with E-state index in [4.69, 9.17) is 0 Å². The van der Waals surface area contributed by atoms with Crippen molar-refractivity contribution in [2.45, 2.75) is 36.6 Å². The molecule has 17 heavy (non-hydrogen) atoms. The van der Waals surface area contributed by atoms with E-state index in [2.05, 4.69) is 54.5 Å². The van der Waals surface area contributed by atoms with Gasteiger partial charge in [-0.05, 0) is 32.5 Å². The molecule has 0 aliphatic carbocycles. The molecule has 0 spiro atoms. The summed E-state index contributed by atoms with van der Waals surface area (Å²) < 4.78 is 0. The summed E-state index contributed by atoms with van der Waals surface area (Å²) in [5.74, 6) is 0. The van der Waals surface area contributed by atoms with E-state index in [1.54, 1.807) is 0 Å². The third-order valence-electron chi connectivity index (χ3n) is 3.01. The summed E-state index contributed by atoms with van der Waals surface area (Å²) in [5, 5.41) is 6.46. The molecular weight excluding hydrogens is 228 g/mol. The van der Waals surface area contributed by atoms with Crippen molar-refractivity contribution in [1.29, 1.82) is 0 Å². The van der Waals surface area contributed by atoms with Crippen LogP contribution in [0.1, 0.15) is 20.3 Å². The van der Waals surface area contributed by atoms with Gasteiger partial charge in [0.05, 0.1) is 5.03 Å². The SMILES string of the molecule is CNC(C)CC(C)Sc1cc2ccccc2[nH]1. The number of aromatic amines is 1. The van der Waals surface area contributed by atoms with Gasteiger partial charge in [-0.15, -0.1) is 11.8 Å². The Morgan fingerprint density at radius 1 is 1.29 bits per heavy atom. The third kappa shape index (κ3) is 3.27. The molecule has 2 rings (SSSR count). The summed E-state index contributed by atoms with van der Waals surface area (Å²) in [6.07, 6.45) is 1.18. The minimum atomic E-state index is 0.571. The fourth-order valence-corrected chi connectivity index (χ4v) is 3.17. The summed E-state index contributed by atoms with van der Waals surface area (Å²) in [5.41, 5.74) is 1.23. The maximum Gasteiger partial charge on any atom is 0.0735 e. The zero-order valence-corrected chi connectivity index (χ0v) is 11.5. The minimum Gasteiger partial charge on any atom is -0.350 e. The number of thioether (sulfide) groups is 1. The zero-order chi connectivity index (χ0) is 12.3. The van der Waals surface area contributed by atoms with Crippen LogP contribution >= 0.6 is 11.8 Å². The first-order valence-corrected chi connectivity index (χ1v) is 6.98. The van der Waals surface area contributed by atoms with Crippen LogP contribution in [0.3, 0.4) is 0 Å². The summed E-state index contributed by atoms with van der Waals surface area (Å²) in [6.45, 7) is 4.51. The van der Waals surface area contributed by atoms with E-state index in [0.717, 1.165) is 0 Å². The molecule has 2 atom stereocenters. The van der Waals surface area contributed by atoms with Crippen LogP contribution in [0.5, 0.6) is 0 Å². The number of aromatic nitrogens is 1. The highest BCUT2D eigenvalue weighted by Gasteiger charge is 2.10. The number of nitrogens with one attached hydrogen (secondary N) is 2. The highest BCUT2D eigenvalue weighted by atomic mass is 32.2. The lowest BCUT2D eigenvalue weighted by molar-refractivity contribution is 0.564. The Balaban J connectivity index is 2.03. The summed E-state index contributed by atoms with van der Waals surface area (Å²) in [7, 11) is 2.02. The monoisotopic (exact) mass is 248 g/mol. The van der Waals surface area contributed by atoms with E-state index < -0.39 is 0 Å². The van der Waals surface area contributed by atoms with Crippen LogP contribution in [0.2, 0.25) is 0 Å². The molecule has 1 heterocycles. The normalized spacial score (nSPS) is 15.0. The number of hydrogen-bond donors (Lipinski definition) is 2. The van der Waals surface area contributed by atoms with E-state index in [9.17, 15) is 0 Å². The van der Waals surface area contributed by atoms with Crippen molar-refractivity contribution >= 4 is 22.7 Å². The summed E-state index contributed by atoms with van der Waals surface area (Å²) >= 11 is 1.92. The van der Waals surface area contributed by atoms with Crippen molar-refractivity contribution in [1.82, 2.24) is 10.3 Å². The van der Waals surface area contributed by atoms with Gasteiger partial charge in [-0.3, -0.25) is 0 Å². The molecule has 2 unspecified atom stereocenters. The average Bonchev–Trinajstić information content (AvgIpc) is 2.70. The van der Waals surface area contributed by atoms with Crippen molar-refractivity contribution in [2.75, 3.05) is 7.05 Å². The van der Waals surface area contributed by atoms with Crippen LogP contribution < -0.4 is 5.32 Å². The molecule has 0 radical (unpaired) electrons. The van der Waals surface area contributed by atoms with Gasteiger partial charge in [0.1, 0.15) is 0 Å². The molecule has 0 bridgehead atoms. The van der Waals surface area contributed by atoms with Gasteiger partial charge < -0.3 is 10.3 Å². The van der Waals surface area contributed by atoms with Crippen molar-refractivity contribution in [3.63, 3.8) is 0 Å². The predicted molar refractivity (Wildman–Crippen MR) is 76.8 cm³/mol. The standard InChI is InChI=1S/C14H20N2S/c1-10(15-3)8-11(2)17-14-9-12-6-4-5-7-13(12)16-14/h4-7,9-11,15-16H,8H2,1-3H3. The second-order valence-corrected chi connectivity index (χ2v) is 6.05. The Hall–Kier alpha value is -0.930. The van der Waals surface area contributed by atoms with Gasteiger partial charge in [-0.25, -0.2) is 0 Å². The molecule has 1 aromatic heterocycles. The lowest BCUT2D eigenvalue weighted by atomic mass is 10.2. The van der Waals surface area contributed by atoms with Crippen LogP contribution in [0.4, 0.5) is 0 Å². The molecule has 2 aromatic rings. The Morgan fingerprint density at radius 2 is 2.06 bits per heavy atom. The largest absolute Gasteiger partial charge is 0.350 e. The molecule has 3 heteroatoms. The second-order valence-electron chi connectivity index (χ2n) is 4.57. The number of para-hydroxylation sites is 1. The first-order valence-electron chi connectivity index (χ1n) is 6.10. The third-order valence-corrected chi connectivity index (χ3v) is 4.08. The Morgan fingerprint density at radius 3 is 2.76 bits per heavy atom. The Labute approximate surface area is 107 Å². The first kappa shape index (κ1) is 12.5. The number of fused-ring (bicyclic) bond motifs is 1. The molecule has 0 fully saturated rings. The van der Waals surface area contributed by atoms with E-state index in [1.165, 1.54) is 22.3 Å². The molecule has 0 aliphatic rings. The molecular formula is C14H20N2S. The lowest BCUT2D eigenvalue weighted by Gasteiger charge is -2.15. The van der Waals surface area contributed by atoms with Gasteiger partial charge in [0, 0.05) is 22.2 Å². The fourth-order valence-electron chi connectivity index (χ4n) is 1.99. The molecule has 0 aliphatic heterocycles. The molecule has 0 saturated carbocycles. The van der Waals surface area contributed by atoms with Crippen LogP contribution in [-0.2, 0) is 0 Å². The zero-order valence-electron chi connectivity index (χ0n) is 10.7. The molecule has 0 amide bonds. The summed E-state index contributed by atoms with van der Waals surface area (Å²) in [4.78, 5) is 3.46. The lowest BCUT2D eigenvalue weighted by Crippen LogP contribution is -2.24. The quantitative estimate of drug-likeness (QED) is 0.791. The maximum absolute atomic E-state index is 3.46. The van der Waals surface area contributed by atoms with E-state index in [0.29, 0.717) is 11.3 Å². The van der Waals surface area contributed by atoms with Crippen LogP contribution in [0.15, 0.2) is 35.4 Å². The molecule has 2 nitrogen and oxygen atoms in total.